The number of carbonyl (C=O) groups excluding carboxylic acids is 1. The quantitative estimate of drug-likeness (QED) is 0.414. The van der Waals surface area contributed by atoms with Gasteiger partial charge in [0.2, 0.25) is 6.17 Å². The fourth-order valence-electron chi connectivity index (χ4n) is 0.319. The van der Waals surface area contributed by atoms with Crippen molar-refractivity contribution in [1.29, 1.82) is 0 Å². The number of ether oxygens (including phenoxy) is 1. The number of cyclic esters (lactones) is 1. The fraction of sp³-hybridized carbons (Fsp3) is 0.250. The summed E-state index contributed by atoms with van der Waals surface area (Å²) in [5, 5.41) is 0. The lowest BCUT2D eigenvalue weighted by molar-refractivity contribution is -0.139. The van der Waals surface area contributed by atoms with Gasteiger partial charge in [0.15, 0.2) is 0 Å². The molecule has 0 saturated carbocycles. The molecule has 38 valence electrons. The third-order valence-electron chi connectivity index (χ3n) is 0.657. The third-order valence-corrected chi connectivity index (χ3v) is 0.657. The van der Waals surface area contributed by atoms with Crippen molar-refractivity contribution < 1.29 is 13.9 Å². The predicted molar refractivity (Wildman–Crippen MR) is 20.1 cm³/mol. The zero-order valence-corrected chi connectivity index (χ0v) is 3.43. The van der Waals surface area contributed by atoms with Crippen LogP contribution >= 0.6 is 0 Å². The first kappa shape index (κ1) is 4.30. The molecule has 1 unspecified atom stereocenters. The second-order valence-electron chi connectivity index (χ2n) is 1.17. The van der Waals surface area contributed by atoms with Crippen molar-refractivity contribution in [2.45, 2.75) is 6.17 Å². The van der Waals surface area contributed by atoms with E-state index in [2.05, 4.69) is 4.74 Å². The Morgan fingerprint density at radius 2 is 2.57 bits per heavy atom. The van der Waals surface area contributed by atoms with Crippen molar-refractivity contribution in [2.75, 3.05) is 0 Å². The molecule has 1 heterocycles. The number of hydrogen-bond donors (Lipinski definition) is 0. The molecule has 0 fully saturated rings. The van der Waals surface area contributed by atoms with Gasteiger partial charge < -0.3 is 4.74 Å². The molecule has 0 aromatic rings. The van der Waals surface area contributed by atoms with Gasteiger partial charge in [-0.05, 0) is 6.08 Å². The Morgan fingerprint density at radius 3 is 2.71 bits per heavy atom. The largest absolute Gasteiger partial charge is 0.432 e. The molecule has 1 aliphatic rings. The first-order chi connectivity index (χ1) is 3.30. The highest BCUT2D eigenvalue weighted by Crippen LogP contribution is 2.03. The molecule has 7 heavy (non-hydrogen) atoms. The Labute approximate surface area is 39.6 Å². The third kappa shape index (κ3) is 0.607. The first-order valence-corrected chi connectivity index (χ1v) is 1.82. The number of esters is 1. The van der Waals surface area contributed by atoms with Gasteiger partial charge >= 0.3 is 5.97 Å². The lowest BCUT2D eigenvalue weighted by atomic mass is 10.4. The van der Waals surface area contributed by atoms with Gasteiger partial charge in [0.1, 0.15) is 0 Å². The van der Waals surface area contributed by atoms with Crippen molar-refractivity contribution in [3.05, 3.63) is 12.3 Å². The van der Waals surface area contributed by atoms with Crippen LogP contribution in [0.5, 0.6) is 0 Å². The van der Waals surface area contributed by atoms with Crippen LogP contribution in [0.4, 0.5) is 4.39 Å². The smallest absolute Gasteiger partial charge is 0.349 e. The van der Waals surface area contributed by atoms with Gasteiger partial charge in [0, 0.05) is 0 Å². The van der Waals surface area contributed by atoms with Gasteiger partial charge in [-0.2, -0.15) is 0 Å². The van der Waals surface area contributed by atoms with E-state index in [1.54, 1.807) is 0 Å². The Hall–Kier alpha value is -0.860. The van der Waals surface area contributed by atoms with Crippen LogP contribution in [0.1, 0.15) is 0 Å². The molecular formula is C4H3FO2. The number of hydrogen-bond acceptors (Lipinski definition) is 2. The SMILES string of the molecule is O=C1OC=CC1F. The number of alkyl halides is 1. The average molecular weight is 102 g/mol. The van der Waals surface area contributed by atoms with E-state index in [4.69, 9.17) is 0 Å². The van der Waals surface area contributed by atoms with E-state index in [1.165, 1.54) is 0 Å². The molecule has 0 spiro atoms. The van der Waals surface area contributed by atoms with Crippen LogP contribution in [0, 0.1) is 0 Å². The number of halogens is 1. The Kier molecular flexibility index (Phi) is 0.817. The molecule has 0 amide bonds. The van der Waals surface area contributed by atoms with Crippen molar-refractivity contribution in [1.82, 2.24) is 0 Å². The monoisotopic (exact) mass is 102 g/mol. The molecule has 0 radical (unpaired) electrons. The maximum atomic E-state index is 11.8. The Balaban J connectivity index is 2.62. The lowest BCUT2D eigenvalue weighted by Gasteiger charge is -1.85. The minimum absolute atomic E-state index is 0.819. The summed E-state index contributed by atoms with van der Waals surface area (Å²) in [5.74, 6) is -0.819. The summed E-state index contributed by atoms with van der Waals surface area (Å²) in [5.41, 5.74) is 0. The molecule has 1 atom stereocenters. The molecule has 0 bridgehead atoms. The van der Waals surface area contributed by atoms with Crippen LogP contribution in [0.25, 0.3) is 0 Å². The van der Waals surface area contributed by atoms with E-state index >= 15 is 0 Å². The molecule has 0 aliphatic carbocycles. The van der Waals surface area contributed by atoms with E-state index in [0.29, 0.717) is 0 Å². The number of rotatable bonds is 0. The summed E-state index contributed by atoms with van der Waals surface area (Å²) in [6.45, 7) is 0. The van der Waals surface area contributed by atoms with E-state index in [0.717, 1.165) is 12.3 Å². The first-order valence-electron chi connectivity index (χ1n) is 1.82. The predicted octanol–water partition coefficient (Wildman–Crippen LogP) is 0.395. The minimum Gasteiger partial charge on any atom is -0.432 e. The summed E-state index contributed by atoms with van der Waals surface area (Å²) in [7, 11) is 0. The molecule has 3 heteroatoms. The van der Waals surface area contributed by atoms with Gasteiger partial charge in [-0.25, -0.2) is 9.18 Å². The molecule has 1 aliphatic heterocycles. The molecule has 2 nitrogen and oxygen atoms in total. The lowest BCUT2D eigenvalue weighted by Crippen LogP contribution is -2.06. The van der Waals surface area contributed by atoms with Crippen LogP contribution in [-0.2, 0) is 9.53 Å². The summed E-state index contributed by atoms with van der Waals surface area (Å²) in [6, 6.07) is 0. The van der Waals surface area contributed by atoms with Crippen molar-refractivity contribution >= 4 is 5.97 Å². The zero-order chi connectivity index (χ0) is 5.28. The summed E-state index contributed by atoms with van der Waals surface area (Å²) in [4.78, 5) is 9.91. The van der Waals surface area contributed by atoms with Crippen molar-refractivity contribution in [2.24, 2.45) is 0 Å². The standard InChI is InChI=1S/C4H3FO2/c5-3-1-2-7-4(3)6/h1-3H. The van der Waals surface area contributed by atoms with Gasteiger partial charge in [0.05, 0.1) is 6.26 Å². The summed E-state index contributed by atoms with van der Waals surface area (Å²) >= 11 is 0. The average Bonchev–Trinajstić information content (AvgIpc) is 1.91. The van der Waals surface area contributed by atoms with Crippen LogP contribution in [0.15, 0.2) is 12.3 Å². The topological polar surface area (TPSA) is 26.3 Å². The van der Waals surface area contributed by atoms with Crippen molar-refractivity contribution in [3.63, 3.8) is 0 Å². The second kappa shape index (κ2) is 1.33. The highest BCUT2D eigenvalue weighted by atomic mass is 19.1. The molecule has 0 N–H and O–H groups in total. The Morgan fingerprint density at radius 1 is 1.86 bits per heavy atom. The van der Waals surface area contributed by atoms with E-state index < -0.39 is 12.1 Å². The Bertz CT molecular complexity index is 119. The maximum absolute atomic E-state index is 11.8. The molecule has 0 saturated heterocycles. The van der Waals surface area contributed by atoms with Crippen LogP contribution < -0.4 is 0 Å². The van der Waals surface area contributed by atoms with Gasteiger partial charge in [-0.1, -0.05) is 0 Å². The minimum atomic E-state index is -1.53. The normalized spacial score (nSPS) is 28.1. The van der Waals surface area contributed by atoms with Crippen molar-refractivity contribution in [3.8, 4) is 0 Å². The van der Waals surface area contributed by atoms with E-state index in [1.807, 2.05) is 0 Å². The van der Waals surface area contributed by atoms with Crippen LogP contribution in [-0.4, -0.2) is 12.1 Å². The van der Waals surface area contributed by atoms with Gasteiger partial charge in [-0.15, -0.1) is 0 Å². The van der Waals surface area contributed by atoms with Gasteiger partial charge in [0.25, 0.3) is 0 Å². The zero-order valence-electron chi connectivity index (χ0n) is 3.43. The second-order valence-corrected chi connectivity index (χ2v) is 1.17. The molecule has 0 aromatic heterocycles. The summed E-state index contributed by atoms with van der Waals surface area (Å²) in [6.07, 6.45) is 0.579. The maximum Gasteiger partial charge on any atom is 0.349 e. The van der Waals surface area contributed by atoms with Crippen LogP contribution in [0.2, 0.25) is 0 Å². The molecule has 1 rings (SSSR count). The highest BCUT2D eigenvalue weighted by Gasteiger charge is 2.19. The fourth-order valence-corrected chi connectivity index (χ4v) is 0.319. The molecule has 0 aromatic carbocycles. The number of carbonyl (C=O) groups is 1. The van der Waals surface area contributed by atoms with E-state index in [9.17, 15) is 9.18 Å². The van der Waals surface area contributed by atoms with E-state index in [-0.39, 0.29) is 0 Å². The highest BCUT2D eigenvalue weighted by molar-refractivity contribution is 5.79. The van der Waals surface area contributed by atoms with Crippen LogP contribution in [0.3, 0.4) is 0 Å². The summed E-state index contributed by atoms with van der Waals surface area (Å²) < 4.78 is 15.8. The molecular weight excluding hydrogens is 99.0 g/mol. The van der Waals surface area contributed by atoms with Gasteiger partial charge in [-0.3, -0.25) is 0 Å².